The average molecular weight is 385 g/mol. The molecular weight excluding hydrogens is 362 g/mol. The number of carbonyl (C=O) groups is 3. The first-order valence-electron chi connectivity index (χ1n) is 9.25. The second-order valence-electron chi connectivity index (χ2n) is 6.57. The van der Waals surface area contributed by atoms with Crippen molar-refractivity contribution >= 4 is 29.0 Å². The summed E-state index contributed by atoms with van der Waals surface area (Å²) in [4.78, 5) is 40.0. The number of ether oxygens (including phenoxy) is 1. The van der Waals surface area contributed by atoms with Crippen LogP contribution in [0.15, 0.2) is 41.8 Å². The normalized spacial score (nSPS) is 16.8. The van der Waals surface area contributed by atoms with Gasteiger partial charge in [-0.1, -0.05) is 31.2 Å². The van der Waals surface area contributed by atoms with Crippen LogP contribution < -0.4 is 0 Å². The third-order valence-corrected chi connectivity index (χ3v) is 5.75. The highest BCUT2D eigenvalue weighted by atomic mass is 32.1. The Morgan fingerprint density at radius 3 is 2.59 bits per heavy atom. The Bertz CT molecular complexity index is 815. The Kier molecular flexibility index (Phi) is 6.40. The Hall–Kier alpha value is -2.47. The molecular formula is C21H23NO4S. The SMILES string of the molecule is CCC1CCCCN1C(=O)COC(=O)c1ccccc1C(=O)c1cccs1. The van der Waals surface area contributed by atoms with E-state index in [1.54, 1.807) is 36.4 Å². The van der Waals surface area contributed by atoms with E-state index < -0.39 is 5.97 Å². The third kappa shape index (κ3) is 4.45. The minimum absolute atomic E-state index is 0.169. The van der Waals surface area contributed by atoms with Crippen LogP contribution in [0.25, 0.3) is 0 Å². The summed E-state index contributed by atoms with van der Waals surface area (Å²) in [6.07, 6.45) is 4.00. The van der Waals surface area contributed by atoms with E-state index >= 15 is 0 Å². The number of hydrogen-bond acceptors (Lipinski definition) is 5. The van der Waals surface area contributed by atoms with Gasteiger partial charge in [-0.2, -0.15) is 0 Å². The van der Waals surface area contributed by atoms with Gasteiger partial charge in [0.05, 0.1) is 10.4 Å². The Balaban J connectivity index is 1.68. The van der Waals surface area contributed by atoms with Crippen molar-refractivity contribution < 1.29 is 19.1 Å². The second-order valence-corrected chi connectivity index (χ2v) is 7.52. The fraction of sp³-hybridized carbons (Fsp3) is 0.381. The van der Waals surface area contributed by atoms with Crippen molar-refractivity contribution in [2.45, 2.75) is 38.6 Å². The minimum Gasteiger partial charge on any atom is -0.452 e. The molecule has 0 N–H and O–H groups in total. The first-order valence-corrected chi connectivity index (χ1v) is 10.1. The van der Waals surface area contributed by atoms with Gasteiger partial charge in [0.15, 0.2) is 6.61 Å². The lowest BCUT2D eigenvalue weighted by Crippen LogP contribution is -2.45. The topological polar surface area (TPSA) is 63.7 Å². The first-order chi connectivity index (χ1) is 13.1. The van der Waals surface area contributed by atoms with Crippen molar-refractivity contribution in [2.75, 3.05) is 13.2 Å². The molecule has 0 bridgehead atoms. The fourth-order valence-corrected chi connectivity index (χ4v) is 4.12. The maximum atomic E-state index is 12.6. The Labute approximate surface area is 162 Å². The summed E-state index contributed by atoms with van der Waals surface area (Å²) in [7, 11) is 0. The van der Waals surface area contributed by atoms with E-state index in [0.717, 1.165) is 25.7 Å². The number of ketones is 1. The van der Waals surface area contributed by atoms with Gasteiger partial charge in [0.25, 0.3) is 5.91 Å². The van der Waals surface area contributed by atoms with Gasteiger partial charge in [0.1, 0.15) is 0 Å². The molecule has 5 nitrogen and oxygen atoms in total. The van der Waals surface area contributed by atoms with Gasteiger partial charge in [0.2, 0.25) is 5.78 Å². The number of hydrogen-bond donors (Lipinski definition) is 0. The molecule has 0 spiro atoms. The summed E-state index contributed by atoms with van der Waals surface area (Å²) < 4.78 is 5.27. The largest absolute Gasteiger partial charge is 0.452 e. The summed E-state index contributed by atoms with van der Waals surface area (Å²) in [6, 6.07) is 10.3. The molecule has 0 radical (unpaired) electrons. The van der Waals surface area contributed by atoms with Crippen molar-refractivity contribution in [3.63, 3.8) is 0 Å². The summed E-state index contributed by atoms with van der Waals surface area (Å²) in [5, 5.41) is 1.82. The molecule has 0 aliphatic carbocycles. The summed E-state index contributed by atoms with van der Waals surface area (Å²) in [5.41, 5.74) is 0.483. The molecule has 1 saturated heterocycles. The van der Waals surface area contributed by atoms with E-state index in [9.17, 15) is 14.4 Å². The fourth-order valence-electron chi connectivity index (χ4n) is 3.44. The lowest BCUT2D eigenvalue weighted by molar-refractivity contribution is -0.138. The van der Waals surface area contributed by atoms with Gasteiger partial charge in [-0.15, -0.1) is 11.3 Å². The molecule has 1 aromatic carbocycles. The molecule has 1 aliphatic heterocycles. The number of thiophene rings is 1. The maximum absolute atomic E-state index is 12.6. The van der Waals surface area contributed by atoms with Gasteiger partial charge in [-0.05, 0) is 43.2 Å². The van der Waals surface area contributed by atoms with E-state index in [1.165, 1.54) is 11.3 Å². The predicted molar refractivity (Wildman–Crippen MR) is 104 cm³/mol. The third-order valence-electron chi connectivity index (χ3n) is 4.88. The molecule has 27 heavy (non-hydrogen) atoms. The molecule has 3 rings (SSSR count). The van der Waals surface area contributed by atoms with Crippen LogP contribution in [0, 0.1) is 0 Å². The van der Waals surface area contributed by atoms with Crippen molar-refractivity contribution in [3.05, 3.63) is 57.8 Å². The molecule has 2 heterocycles. The summed E-state index contributed by atoms with van der Waals surface area (Å²) in [6.45, 7) is 2.48. The molecule has 1 fully saturated rings. The van der Waals surface area contributed by atoms with Gasteiger partial charge < -0.3 is 9.64 Å². The van der Waals surface area contributed by atoms with E-state index in [4.69, 9.17) is 4.74 Å². The van der Waals surface area contributed by atoms with Crippen molar-refractivity contribution in [1.82, 2.24) is 4.90 Å². The zero-order valence-electron chi connectivity index (χ0n) is 15.3. The highest BCUT2D eigenvalue weighted by Gasteiger charge is 2.27. The minimum atomic E-state index is -0.645. The molecule has 2 aromatic rings. The lowest BCUT2D eigenvalue weighted by atomic mass is 10.00. The number of esters is 1. The molecule has 1 aromatic heterocycles. The Morgan fingerprint density at radius 1 is 1.11 bits per heavy atom. The van der Waals surface area contributed by atoms with Gasteiger partial charge >= 0.3 is 5.97 Å². The quantitative estimate of drug-likeness (QED) is 0.558. The van der Waals surface area contributed by atoms with Crippen LogP contribution in [0.5, 0.6) is 0 Å². The highest BCUT2D eigenvalue weighted by Crippen LogP contribution is 2.21. The van der Waals surface area contributed by atoms with Gasteiger partial charge in [-0.3, -0.25) is 9.59 Å². The van der Waals surface area contributed by atoms with Crippen LogP contribution in [0.2, 0.25) is 0 Å². The predicted octanol–water partition coefficient (Wildman–Crippen LogP) is 3.93. The van der Waals surface area contributed by atoms with Crippen LogP contribution in [-0.2, 0) is 9.53 Å². The molecule has 142 valence electrons. The zero-order chi connectivity index (χ0) is 19.2. The van der Waals surface area contributed by atoms with Crippen LogP contribution in [0.4, 0.5) is 0 Å². The van der Waals surface area contributed by atoms with Crippen molar-refractivity contribution in [3.8, 4) is 0 Å². The van der Waals surface area contributed by atoms with Crippen LogP contribution in [0.3, 0.4) is 0 Å². The number of amides is 1. The number of benzene rings is 1. The van der Waals surface area contributed by atoms with E-state index in [1.807, 2.05) is 10.3 Å². The lowest BCUT2D eigenvalue weighted by Gasteiger charge is -2.35. The first kappa shape index (κ1) is 19.3. The number of carbonyl (C=O) groups excluding carboxylic acids is 3. The molecule has 1 unspecified atom stereocenters. The highest BCUT2D eigenvalue weighted by molar-refractivity contribution is 7.12. The maximum Gasteiger partial charge on any atom is 0.339 e. The second kappa shape index (κ2) is 8.95. The average Bonchev–Trinajstić information content (AvgIpc) is 3.26. The van der Waals surface area contributed by atoms with Crippen molar-refractivity contribution in [2.24, 2.45) is 0 Å². The van der Waals surface area contributed by atoms with Crippen LogP contribution in [-0.4, -0.2) is 41.8 Å². The van der Waals surface area contributed by atoms with Crippen molar-refractivity contribution in [1.29, 1.82) is 0 Å². The van der Waals surface area contributed by atoms with E-state index in [0.29, 0.717) is 17.0 Å². The van der Waals surface area contributed by atoms with Gasteiger partial charge in [-0.25, -0.2) is 4.79 Å². The molecule has 1 atom stereocenters. The number of nitrogens with zero attached hydrogens (tertiary/aromatic N) is 1. The Morgan fingerprint density at radius 2 is 1.89 bits per heavy atom. The zero-order valence-corrected chi connectivity index (χ0v) is 16.2. The number of rotatable bonds is 6. The van der Waals surface area contributed by atoms with Gasteiger partial charge in [0, 0.05) is 18.2 Å². The molecule has 6 heteroatoms. The van der Waals surface area contributed by atoms with Crippen LogP contribution >= 0.6 is 11.3 Å². The molecule has 1 amide bonds. The summed E-state index contributed by atoms with van der Waals surface area (Å²) in [5.74, 6) is -1.03. The summed E-state index contributed by atoms with van der Waals surface area (Å²) >= 11 is 1.32. The standard InChI is InChI=1S/C21H23NO4S/c1-2-15-8-5-6-12-22(15)19(23)14-26-21(25)17-10-4-3-9-16(17)20(24)18-11-7-13-27-18/h3-4,7,9-11,13,15H,2,5-6,8,12,14H2,1H3. The smallest absolute Gasteiger partial charge is 0.339 e. The van der Waals surface area contributed by atoms with E-state index in [-0.39, 0.29) is 29.9 Å². The number of likely N-dealkylation sites (tertiary alicyclic amines) is 1. The van der Waals surface area contributed by atoms with Crippen LogP contribution in [0.1, 0.15) is 58.2 Å². The molecule has 1 aliphatic rings. The van der Waals surface area contributed by atoms with E-state index in [2.05, 4.69) is 6.92 Å². The monoisotopic (exact) mass is 385 g/mol. The molecule has 0 saturated carbocycles. The number of piperidine rings is 1.